The number of rotatable bonds is 4. The summed E-state index contributed by atoms with van der Waals surface area (Å²) in [5, 5.41) is 4.88. The molecule has 3 aromatic carbocycles. The van der Waals surface area contributed by atoms with Crippen molar-refractivity contribution in [2.75, 3.05) is 0 Å². The zero-order chi connectivity index (χ0) is 26.6. The van der Waals surface area contributed by atoms with Crippen molar-refractivity contribution in [3.05, 3.63) is 112 Å². The fourth-order valence-corrected chi connectivity index (χ4v) is 16.0. The molecular formula is C37H44Si. The molecule has 1 heteroatoms. The average molecular weight is 517 g/mol. The van der Waals surface area contributed by atoms with Crippen LogP contribution in [0.25, 0.3) is 0 Å². The second kappa shape index (κ2) is 9.83. The van der Waals surface area contributed by atoms with E-state index in [0.717, 1.165) is 11.8 Å². The van der Waals surface area contributed by atoms with E-state index in [1.807, 2.05) is 0 Å². The average Bonchev–Trinajstić information content (AvgIpc) is 3.18. The second-order valence-corrected chi connectivity index (χ2v) is 17.0. The summed E-state index contributed by atoms with van der Waals surface area (Å²) >= 11 is 0. The number of allylic oxidation sites excluding steroid dienone is 4. The van der Waals surface area contributed by atoms with Crippen molar-refractivity contribution in [1.82, 2.24) is 0 Å². The highest BCUT2D eigenvalue weighted by atomic mass is 28.3. The maximum Gasteiger partial charge on any atom is 0.152 e. The normalized spacial score (nSPS) is 26.3. The Kier molecular flexibility index (Phi) is 6.63. The molecule has 2 fully saturated rings. The minimum atomic E-state index is -2.48. The maximum absolute atomic E-state index is 2.63. The smallest absolute Gasteiger partial charge is 0.0808 e. The Labute approximate surface area is 231 Å². The van der Waals surface area contributed by atoms with E-state index in [1.165, 1.54) is 59.1 Å². The lowest BCUT2D eigenvalue weighted by atomic mass is 9.77. The lowest BCUT2D eigenvalue weighted by Gasteiger charge is -2.46. The molecule has 38 heavy (non-hydrogen) atoms. The van der Waals surface area contributed by atoms with Crippen LogP contribution in [-0.2, 0) is 0 Å². The van der Waals surface area contributed by atoms with Crippen molar-refractivity contribution >= 4 is 23.6 Å². The Bertz CT molecular complexity index is 1240. The van der Waals surface area contributed by atoms with Gasteiger partial charge in [-0.3, -0.25) is 0 Å². The van der Waals surface area contributed by atoms with Crippen molar-refractivity contribution in [3.63, 3.8) is 0 Å². The maximum atomic E-state index is 2.63. The molecule has 5 atom stereocenters. The van der Waals surface area contributed by atoms with E-state index in [-0.39, 0.29) is 0 Å². The van der Waals surface area contributed by atoms with Gasteiger partial charge in [-0.25, -0.2) is 0 Å². The summed E-state index contributed by atoms with van der Waals surface area (Å²) < 4.78 is 0. The Morgan fingerprint density at radius 2 is 0.842 bits per heavy atom. The SMILES string of the molecule is Cc1cc(C)cc([Si](c2cc(C)cc(C)c2)(c2cc(C)cc(C)c2)C2C3C=CC=CC3C3CCCCC32)c1. The van der Waals surface area contributed by atoms with E-state index in [1.54, 1.807) is 15.6 Å². The molecule has 0 nitrogen and oxygen atoms in total. The first-order valence-electron chi connectivity index (χ1n) is 14.9. The van der Waals surface area contributed by atoms with Gasteiger partial charge < -0.3 is 0 Å². The van der Waals surface area contributed by atoms with E-state index in [2.05, 4.69) is 120 Å². The van der Waals surface area contributed by atoms with E-state index < -0.39 is 8.07 Å². The van der Waals surface area contributed by atoms with E-state index in [0.29, 0.717) is 17.4 Å². The van der Waals surface area contributed by atoms with Crippen LogP contribution in [0.4, 0.5) is 0 Å². The quantitative estimate of drug-likeness (QED) is 0.248. The molecule has 3 aliphatic rings. The summed E-state index contributed by atoms with van der Waals surface area (Å²) in [5.74, 6) is 2.89. The highest BCUT2D eigenvalue weighted by Gasteiger charge is 2.60. The van der Waals surface area contributed by atoms with Crippen LogP contribution in [0.5, 0.6) is 0 Å². The summed E-state index contributed by atoms with van der Waals surface area (Å²) in [6, 6.07) is 22.6. The minimum Gasteiger partial charge on any atom is -0.0808 e. The molecule has 0 saturated heterocycles. The molecule has 0 N–H and O–H groups in total. The molecule has 0 radical (unpaired) electrons. The second-order valence-electron chi connectivity index (χ2n) is 13.0. The van der Waals surface area contributed by atoms with Crippen molar-refractivity contribution in [3.8, 4) is 0 Å². The summed E-state index contributed by atoms with van der Waals surface area (Å²) in [4.78, 5) is 0. The molecule has 3 aliphatic carbocycles. The van der Waals surface area contributed by atoms with Crippen LogP contribution in [0.3, 0.4) is 0 Å². The van der Waals surface area contributed by atoms with Crippen molar-refractivity contribution in [2.24, 2.45) is 23.7 Å². The minimum absolute atomic E-state index is 0.613. The van der Waals surface area contributed by atoms with Gasteiger partial charge in [0, 0.05) is 0 Å². The lowest BCUT2D eigenvalue weighted by Crippen LogP contribution is -2.71. The highest BCUT2D eigenvalue weighted by molar-refractivity contribution is 7.12. The van der Waals surface area contributed by atoms with Gasteiger partial charge in [0.1, 0.15) is 0 Å². The van der Waals surface area contributed by atoms with Gasteiger partial charge in [0.05, 0.1) is 0 Å². The van der Waals surface area contributed by atoms with E-state index in [9.17, 15) is 0 Å². The van der Waals surface area contributed by atoms with Gasteiger partial charge in [-0.1, -0.05) is 132 Å². The van der Waals surface area contributed by atoms with Crippen molar-refractivity contribution in [1.29, 1.82) is 0 Å². The Morgan fingerprint density at radius 1 is 0.474 bits per heavy atom. The number of fused-ring (bicyclic) bond motifs is 3. The lowest BCUT2D eigenvalue weighted by molar-refractivity contribution is 0.247. The molecule has 0 aliphatic heterocycles. The standard InChI is InChI=1S/C37H44Si/c1-24-15-25(2)19-30(18-24)38(31-20-26(3)16-27(4)21-31,32-22-28(5)17-29(6)23-32)37-35-13-9-7-11-33(35)34-12-8-10-14-36(34)37/h7,9,11,13,15-23,33-37H,8,10,12,14H2,1-6H3. The highest BCUT2D eigenvalue weighted by Crippen LogP contribution is 2.60. The Morgan fingerprint density at radius 3 is 1.26 bits per heavy atom. The summed E-state index contributed by atoms with van der Waals surface area (Å²) in [6.45, 7) is 13.8. The topological polar surface area (TPSA) is 0 Å². The first kappa shape index (κ1) is 25.6. The van der Waals surface area contributed by atoms with Crippen LogP contribution >= 0.6 is 0 Å². The van der Waals surface area contributed by atoms with Crippen LogP contribution in [-0.4, -0.2) is 8.07 Å². The molecule has 196 valence electrons. The van der Waals surface area contributed by atoms with Gasteiger partial charge in [0.25, 0.3) is 0 Å². The zero-order valence-electron chi connectivity index (χ0n) is 24.2. The molecule has 0 amide bonds. The predicted molar refractivity (Wildman–Crippen MR) is 167 cm³/mol. The molecule has 3 aromatic rings. The van der Waals surface area contributed by atoms with Crippen molar-refractivity contribution < 1.29 is 0 Å². The number of aryl methyl sites for hydroxylation is 6. The van der Waals surface area contributed by atoms with Crippen molar-refractivity contribution in [2.45, 2.75) is 72.8 Å². The van der Waals surface area contributed by atoms with Crippen LogP contribution < -0.4 is 15.6 Å². The molecular weight excluding hydrogens is 472 g/mol. The monoisotopic (exact) mass is 516 g/mol. The number of hydrogen-bond acceptors (Lipinski definition) is 0. The molecule has 2 saturated carbocycles. The van der Waals surface area contributed by atoms with Crippen LogP contribution in [0, 0.1) is 65.2 Å². The molecule has 0 bridgehead atoms. The van der Waals surface area contributed by atoms with Gasteiger partial charge in [-0.15, -0.1) is 0 Å². The van der Waals surface area contributed by atoms with Gasteiger partial charge in [-0.05, 0) is 92.7 Å². The molecule has 6 rings (SSSR count). The summed E-state index contributed by atoms with van der Waals surface area (Å²) in [5.41, 5.74) is 9.07. The third kappa shape index (κ3) is 4.18. The molecule has 0 spiro atoms. The Hall–Kier alpha value is -2.64. The fraction of sp³-hybridized carbons (Fsp3) is 0.405. The first-order chi connectivity index (χ1) is 18.3. The molecule has 0 aromatic heterocycles. The third-order valence-corrected chi connectivity index (χ3v) is 15.4. The van der Waals surface area contributed by atoms with Gasteiger partial charge in [-0.2, -0.15) is 0 Å². The molecule has 0 heterocycles. The fourth-order valence-electron chi connectivity index (χ4n) is 9.12. The largest absolute Gasteiger partial charge is 0.152 e. The zero-order valence-corrected chi connectivity index (χ0v) is 25.2. The van der Waals surface area contributed by atoms with Crippen LogP contribution in [0.2, 0.25) is 5.54 Å². The van der Waals surface area contributed by atoms with Crippen LogP contribution in [0.15, 0.2) is 78.9 Å². The van der Waals surface area contributed by atoms with E-state index >= 15 is 0 Å². The summed E-state index contributed by atoms with van der Waals surface area (Å²) in [7, 11) is -2.48. The summed E-state index contributed by atoms with van der Waals surface area (Å²) in [6.07, 6.45) is 15.5. The number of hydrogen-bond donors (Lipinski definition) is 0. The molecule has 5 unspecified atom stereocenters. The van der Waals surface area contributed by atoms with Gasteiger partial charge in [0.15, 0.2) is 8.07 Å². The van der Waals surface area contributed by atoms with Crippen LogP contribution in [0.1, 0.15) is 59.1 Å². The Balaban J connectivity index is 1.76. The van der Waals surface area contributed by atoms with Gasteiger partial charge >= 0.3 is 0 Å². The first-order valence-corrected chi connectivity index (χ1v) is 17.0. The van der Waals surface area contributed by atoms with E-state index in [4.69, 9.17) is 0 Å². The number of benzene rings is 3. The predicted octanol–water partition coefficient (Wildman–Crippen LogP) is 7.56. The van der Waals surface area contributed by atoms with Gasteiger partial charge in [0.2, 0.25) is 0 Å². The third-order valence-electron chi connectivity index (χ3n) is 10.00.